The van der Waals surface area contributed by atoms with Gasteiger partial charge in [-0.3, -0.25) is 14.5 Å². The van der Waals surface area contributed by atoms with Crippen LogP contribution in [0.15, 0.2) is 29.5 Å². The Morgan fingerprint density at radius 3 is 2.80 bits per heavy atom. The van der Waals surface area contributed by atoms with E-state index in [2.05, 4.69) is 4.98 Å². The van der Waals surface area contributed by atoms with Gasteiger partial charge in [0, 0.05) is 0 Å². The quantitative estimate of drug-likeness (QED) is 0.619. The van der Waals surface area contributed by atoms with Crippen LogP contribution < -0.4 is 9.64 Å². The molecule has 1 aromatic heterocycles. The number of nitrogens with zero attached hydrogens (tertiary/aromatic N) is 2. The minimum absolute atomic E-state index is 0.0423. The Labute approximate surface area is 206 Å². The van der Waals surface area contributed by atoms with Crippen molar-refractivity contribution >= 4 is 34.1 Å². The van der Waals surface area contributed by atoms with Crippen molar-refractivity contribution in [3.05, 3.63) is 45.7 Å². The number of thiazole rings is 1. The van der Waals surface area contributed by atoms with E-state index in [9.17, 15) is 19.5 Å². The maximum Gasteiger partial charge on any atom is 0.350 e. The summed E-state index contributed by atoms with van der Waals surface area (Å²) >= 11 is 1.04. The molecule has 1 fully saturated rings. The molecule has 2 aromatic rings. The predicted molar refractivity (Wildman–Crippen MR) is 127 cm³/mol. The van der Waals surface area contributed by atoms with Crippen molar-refractivity contribution in [2.45, 2.75) is 51.7 Å². The van der Waals surface area contributed by atoms with Crippen LogP contribution in [0.4, 0.5) is 5.13 Å². The first-order valence-electron chi connectivity index (χ1n) is 11.7. The molecule has 1 saturated carbocycles. The molecule has 1 amide bonds. The standard InChI is InChI=1S/C25H26N2O7S/c1-4-33-24(31)22-12(2)26-25(35-22)27-19(13-9-10-15(28)17(11-13)32-3)18-20(29)14-7-5-6-8-16(14)34-21(18)23(27)30/h9-11,14,16,19,28H,4-8H2,1-3H3. The van der Waals surface area contributed by atoms with E-state index in [1.54, 1.807) is 26.0 Å². The number of ether oxygens (including phenoxy) is 3. The third kappa shape index (κ3) is 3.76. The normalized spacial score (nSPS) is 23.6. The molecule has 0 bridgehead atoms. The molecule has 0 spiro atoms. The van der Waals surface area contributed by atoms with Gasteiger partial charge in [-0.1, -0.05) is 23.8 Å². The van der Waals surface area contributed by atoms with Crippen LogP contribution in [0.1, 0.15) is 59.6 Å². The second kappa shape index (κ2) is 8.99. The highest BCUT2D eigenvalue weighted by atomic mass is 32.1. The van der Waals surface area contributed by atoms with Gasteiger partial charge in [0.2, 0.25) is 0 Å². The molecule has 1 aromatic carbocycles. The number of fused-ring (bicyclic) bond motifs is 1. The number of phenolic OH excluding ortho intramolecular Hbond substituents is 1. The minimum Gasteiger partial charge on any atom is -0.504 e. The summed E-state index contributed by atoms with van der Waals surface area (Å²) in [7, 11) is 1.43. The van der Waals surface area contributed by atoms with Crippen LogP contribution in [0, 0.1) is 12.8 Å². The van der Waals surface area contributed by atoms with Gasteiger partial charge in [-0.2, -0.15) is 0 Å². The van der Waals surface area contributed by atoms with Gasteiger partial charge in [0.1, 0.15) is 11.0 Å². The highest BCUT2D eigenvalue weighted by molar-refractivity contribution is 7.17. The van der Waals surface area contributed by atoms with Crippen molar-refractivity contribution < 1.29 is 33.7 Å². The topological polar surface area (TPSA) is 115 Å². The third-order valence-electron chi connectivity index (χ3n) is 6.74. The van der Waals surface area contributed by atoms with E-state index in [1.165, 1.54) is 18.1 Å². The summed E-state index contributed by atoms with van der Waals surface area (Å²) in [6.45, 7) is 3.60. The zero-order chi connectivity index (χ0) is 24.9. The first-order chi connectivity index (χ1) is 16.8. The van der Waals surface area contributed by atoms with Crippen molar-refractivity contribution in [3.63, 3.8) is 0 Å². The fourth-order valence-corrected chi connectivity index (χ4v) is 6.08. The summed E-state index contributed by atoms with van der Waals surface area (Å²) in [6.07, 6.45) is 3.00. The lowest BCUT2D eigenvalue weighted by Crippen LogP contribution is -2.39. The van der Waals surface area contributed by atoms with Gasteiger partial charge in [0.05, 0.1) is 36.9 Å². The van der Waals surface area contributed by atoms with E-state index in [0.29, 0.717) is 22.6 Å². The number of anilines is 1. The molecule has 3 heterocycles. The maximum atomic E-state index is 13.7. The summed E-state index contributed by atoms with van der Waals surface area (Å²) in [5, 5.41) is 10.4. The second-order valence-corrected chi connectivity index (χ2v) is 9.77. The van der Waals surface area contributed by atoms with Crippen LogP contribution in [0.3, 0.4) is 0 Å². The third-order valence-corrected chi connectivity index (χ3v) is 7.87. The monoisotopic (exact) mass is 498 g/mol. The average Bonchev–Trinajstić information content (AvgIpc) is 3.37. The van der Waals surface area contributed by atoms with Crippen molar-refractivity contribution in [2.24, 2.45) is 5.92 Å². The minimum atomic E-state index is -0.831. The van der Waals surface area contributed by atoms with Gasteiger partial charge in [0.15, 0.2) is 28.2 Å². The first-order valence-corrected chi connectivity index (χ1v) is 12.5. The molecule has 3 atom stereocenters. The molecule has 35 heavy (non-hydrogen) atoms. The van der Waals surface area contributed by atoms with Crippen LogP contribution in [0.5, 0.6) is 11.5 Å². The lowest BCUT2D eigenvalue weighted by atomic mass is 9.77. The number of carbonyl (C=O) groups is 3. The zero-order valence-corrected chi connectivity index (χ0v) is 20.5. The molecule has 5 rings (SSSR count). The van der Waals surface area contributed by atoms with Crippen molar-refractivity contribution in [3.8, 4) is 11.5 Å². The van der Waals surface area contributed by atoms with Gasteiger partial charge in [-0.05, 0) is 50.8 Å². The highest BCUT2D eigenvalue weighted by Crippen LogP contribution is 2.50. The van der Waals surface area contributed by atoms with E-state index < -0.39 is 17.9 Å². The number of rotatable bonds is 5. The summed E-state index contributed by atoms with van der Waals surface area (Å²) in [5.74, 6) is -1.19. The predicted octanol–water partition coefficient (Wildman–Crippen LogP) is 3.84. The van der Waals surface area contributed by atoms with Crippen molar-refractivity contribution in [2.75, 3.05) is 18.6 Å². The van der Waals surface area contributed by atoms with E-state index in [1.807, 2.05) is 0 Å². The molecular formula is C25H26N2O7S. The zero-order valence-electron chi connectivity index (χ0n) is 19.7. The van der Waals surface area contributed by atoms with Crippen LogP contribution in [0.2, 0.25) is 0 Å². The lowest BCUT2D eigenvalue weighted by Gasteiger charge is -2.35. The Hall–Kier alpha value is -3.40. The fraction of sp³-hybridized carbons (Fsp3) is 0.440. The van der Waals surface area contributed by atoms with Gasteiger partial charge >= 0.3 is 5.97 Å². The van der Waals surface area contributed by atoms with E-state index in [4.69, 9.17) is 14.2 Å². The molecule has 9 nitrogen and oxygen atoms in total. The largest absolute Gasteiger partial charge is 0.504 e. The van der Waals surface area contributed by atoms with Crippen LogP contribution >= 0.6 is 11.3 Å². The SMILES string of the molecule is CCOC(=O)c1sc(N2C(=O)C3=C(C(=O)C4CCCCC4O3)C2c2ccc(O)c(OC)c2)nc1C. The smallest absolute Gasteiger partial charge is 0.350 e. The molecule has 10 heteroatoms. The Kier molecular flexibility index (Phi) is 6.00. The molecule has 3 aliphatic rings. The maximum absolute atomic E-state index is 13.7. The fourth-order valence-electron chi connectivity index (χ4n) is 5.09. The Morgan fingerprint density at radius 2 is 2.06 bits per heavy atom. The van der Waals surface area contributed by atoms with Crippen molar-refractivity contribution in [1.29, 1.82) is 0 Å². The summed E-state index contributed by atoms with van der Waals surface area (Å²) in [4.78, 5) is 46.1. The van der Waals surface area contributed by atoms with Gasteiger partial charge in [0.25, 0.3) is 5.91 Å². The number of methoxy groups -OCH3 is 1. The molecule has 0 radical (unpaired) electrons. The number of aromatic nitrogens is 1. The van der Waals surface area contributed by atoms with E-state index in [0.717, 1.165) is 30.6 Å². The number of hydrogen-bond acceptors (Lipinski definition) is 9. The molecule has 184 valence electrons. The molecular weight excluding hydrogens is 472 g/mol. The highest BCUT2D eigenvalue weighted by Gasteiger charge is 2.53. The van der Waals surface area contributed by atoms with Crippen LogP contribution in [-0.4, -0.2) is 47.6 Å². The number of benzene rings is 1. The van der Waals surface area contributed by atoms with Gasteiger partial charge in [-0.25, -0.2) is 9.78 Å². The Bertz CT molecular complexity index is 1250. The number of amides is 1. The van der Waals surface area contributed by atoms with Crippen molar-refractivity contribution in [1.82, 2.24) is 4.98 Å². The summed E-state index contributed by atoms with van der Waals surface area (Å²) < 4.78 is 16.6. The molecule has 1 N–H and O–H groups in total. The van der Waals surface area contributed by atoms with Crippen LogP contribution in [0.25, 0.3) is 0 Å². The summed E-state index contributed by atoms with van der Waals surface area (Å²) in [5.41, 5.74) is 1.29. The number of phenols is 1. The number of carbonyl (C=O) groups excluding carboxylic acids is 3. The number of Topliss-reactive ketones (excluding diaryl/α,β-unsaturated/α-hetero) is 1. The second-order valence-electron chi connectivity index (χ2n) is 8.79. The molecule has 2 aliphatic heterocycles. The van der Waals surface area contributed by atoms with E-state index >= 15 is 0 Å². The first kappa shape index (κ1) is 23.3. The number of ketones is 1. The number of hydrogen-bond donors (Lipinski definition) is 1. The van der Waals surface area contributed by atoms with Gasteiger partial charge < -0.3 is 19.3 Å². The van der Waals surface area contributed by atoms with E-state index in [-0.39, 0.29) is 52.4 Å². The number of aryl methyl sites for hydroxylation is 1. The van der Waals surface area contributed by atoms with Gasteiger partial charge in [-0.15, -0.1) is 0 Å². The Balaban J connectivity index is 1.65. The number of aromatic hydroxyl groups is 1. The average molecular weight is 499 g/mol. The molecule has 1 aliphatic carbocycles. The molecule has 3 unspecified atom stereocenters. The van der Waals surface area contributed by atoms with Crippen LogP contribution in [-0.2, 0) is 19.1 Å². The molecule has 0 saturated heterocycles. The number of esters is 1. The lowest BCUT2D eigenvalue weighted by molar-refractivity contribution is -0.131. The Morgan fingerprint density at radius 1 is 1.29 bits per heavy atom. The summed E-state index contributed by atoms with van der Waals surface area (Å²) in [6, 6.07) is 3.88.